The van der Waals surface area contributed by atoms with E-state index in [1.54, 1.807) is 18.2 Å². The zero-order chi connectivity index (χ0) is 20.1. The largest absolute Gasteiger partial charge is 1.00 e. The number of aliphatic carboxylic acids is 1. The van der Waals surface area contributed by atoms with E-state index in [-0.39, 0.29) is 47.8 Å². The first kappa shape index (κ1) is 24.6. The number of aromatic nitrogens is 1. The fraction of sp³-hybridized carbons (Fsp3) is 0.381. The number of rotatable bonds is 8. The first-order chi connectivity index (χ1) is 12.7. The Morgan fingerprint density at radius 3 is 2.39 bits per heavy atom. The Morgan fingerprint density at radius 1 is 1.25 bits per heavy atom. The molecular formula is C21H25FNNaO4. The second-order valence-electron chi connectivity index (χ2n) is 6.94. The Bertz CT molecular complexity index is 815. The van der Waals surface area contributed by atoms with Crippen molar-refractivity contribution in [1.82, 2.24) is 4.57 Å². The van der Waals surface area contributed by atoms with E-state index in [0.717, 1.165) is 22.4 Å². The van der Waals surface area contributed by atoms with Gasteiger partial charge in [0.1, 0.15) is 5.82 Å². The van der Waals surface area contributed by atoms with Crippen molar-refractivity contribution in [2.75, 3.05) is 0 Å². The van der Waals surface area contributed by atoms with Gasteiger partial charge in [-0.1, -0.05) is 24.3 Å². The maximum absolute atomic E-state index is 13.3. The molecule has 0 spiro atoms. The third-order valence-electron chi connectivity index (χ3n) is 4.45. The van der Waals surface area contributed by atoms with Crippen LogP contribution in [-0.2, 0) is 4.79 Å². The topological polar surface area (TPSA) is 85.5 Å². The van der Waals surface area contributed by atoms with E-state index < -0.39 is 24.6 Å². The molecule has 1 aromatic carbocycles. The van der Waals surface area contributed by atoms with E-state index in [1.807, 2.05) is 13.1 Å². The summed E-state index contributed by atoms with van der Waals surface area (Å²) in [7, 11) is 0. The third kappa shape index (κ3) is 6.57. The molecule has 2 aromatic rings. The van der Waals surface area contributed by atoms with Crippen LogP contribution in [0.25, 0.3) is 17.2 Å². The molecule has 0 radical (unpaired) electrons. The molecule has 1 heterocycles. The van der Waals surface area contributed by atoms with Crippen molar-refractivity contribution >= 4 is 12.0 Å². The molecule has 1 aromatic heterocycles. The second kappa shape index (κ2) is 10.9. The maximum Gasteiger partial charge on any atom is 1.00 e. The number of hydrogen-bond acceptors (Lipinski definition) is 4. The molecule has 0 fully saturated rings. The van der Waals surface area contributed by atoms with Gasteiger partial charge in [0.15, 0.2) is 0 Å². The van der Waals surface area contributed by atoms with Gasteiger partial charge in [0.05, 0.1) is 12.2 Å². The minimum Gasteiger partial charge on any atom is -0.550 e. The van der Waals surface area contributed by atoms with E-state index in [9.17, 15) is 24.5 Å². The molecule has 0 aliphatic rings. The Morgan fingerprint density at radius 2 is 1.86 bits per heavy atom. The van der Waals surface area contributed by atoms with Gasteiger partial charge in [0.25, 0.3) is 0 Å². The Hall–Kier alpha value is -1.44. The summed E-state index contributed by atoms with van der Waals surface area (Å²) in [4.78, 5) is 10.5. The van der Waals surface area contributed by atoms with Gasteiger partial charge in [-0.2, -0.15) is 0 Å². The zero-order valence-corrected chi connectivity index (χ0v) is 18.7. The van der Waals surface area contributed by atoms with Gasteiger partial charge in [0, 0.05) is 47.9 Å². The predicted molar refractivity (Wildman–Crippen MR) is 100 cm³/mol. The van der Waals surface area contributed by atoms with E-state index in [0.29, 0.717) is 0 Å². The molecule has 2 unspecified atom stereocenters. The fourth-order valence-electron chi connectivity index (χ4n) is 3.09. The molecule has 0 amide bonds. The molecule has 0 saturated carbocycles. The molecule has 0 saturated heterocycles. The van der Waals surface area contributed by atoms with Crippen LogP contribution in [0, 0.1) is 12.7 Å². The summed E-state index contributed by atoms with van der Waals surface area (Å²) in [6.07, 6.45) is 2.48. The zero-order valence-electron chi connectivity index (χ0n) is 16.7. The van der Waals surface area contributed by atoms with E-state index in [2.05, 4.69) is 18.4 Å². The van der Waals surface area contributed by atoms with Crippen molar-refractivity contribution in [2.45, 2.75) is 51.9 Å². The normalized spacial score (nSPS) is 13.5. The fourth-order valence-corrected chi connectivity index (χ4v) is 3.09. The molecule has 2 rings (SSSR count). The maximum atomic E-state index is 13.3. The van der Waals surface area contributed by atoms with Crippen LogP contribution in [0.3, 0.4) is 0 Å². The molecule has 28 heavy (non-hydrogen) atoms. The van der Waals surface area contributed by atoms with Crippen LogP contribution in [0.4, 0.5) is 4.39 Å². The summed E-state index contributed by atoms with van der Waals surface area (Å²) in [5.41, 5.74) is 3.62. The molecule has 7 heteroatoms. The van der Waals surface area contributed by atoms with Crippen LogP contribution >= 0.6 is 0 Å². The van der Waals surface area contributed by atoms with Gasteiger partial charge >= 0.3 is 29.6 Å². The number of aliphatic hydroxyl groups is 2. The van der Waals surface area contributed by atoms with Crippen molar-refractivity contribution < 1.29 is 54.1 Å². The number of hydrogen-bond donors (Lipinski definition) is 2. The first-order valence-electron chi connectivity index (χ1n) is 8.90. The summed E-state index contributed by atoms with van der Waals surface area (Å²) in [5.74, 6) is -1.67. The van der Waals surface area contributed by atoms with Gasteiger partial charge in [-0.05, 0) is 38.5 Å². The number of carboxylic acid groups (broad SMARTS) is 1. The van der Waals surface area contributed by atoms with E-state index in [1.165, 1.54) is 18.2 Å². The number of carbonyl (C=O) groups excluding carboxylic acids is 1. The summed E-state index contributed by atoms with van der Waals surface area (Å²) in [6, 6.07) is 6.42. The van der Waals surface area contributed by atoms with Crippen LogP contribution in [0.1, 0.15) is 44.0 Å². The van der Waals surface area contributed by atoms with Crippen LogP contribution < -0.4 is 34.7 Å². The quantitative estimate of drug-likeness (QED) is 0.586. The Balaban J connectivity index is 0.00000392. The summed E-state index contributed by atoms with van der Waals surface area (Å²) in [5, 5.41) is 30.2. The second-order valence-corrected chi connectivity index (χ2v) is 6.94. The summed E-state index contributed by atoms with van der Waals surface area (Å²) >= 11 is 0. The van der Waals surface area contributed by atoms with Crippen molar-refractivity contribution in [1.29, 1.82) is 0 Å². The van der Waals surface area contributed by atoms with Gasteiger partial charge in [-0.15, -0.1) is 0 Å². The van der Waals surface area contributed by atoms with Crippen molar-refractivity contribution in [3.05, 3.63) is 53.6 Å². The van der Waals surface area contributed by atoms with Crippen molar-refractivity contribution in [3.8, 4) is 11.1 Å². The van der Waals surface area contributed by atoms with Crippen LogP contribution in [0.2, 0.25) is 0 Å². The van der Waals surface area contributed by atoms with Crippen molar-refractivity contribution in [3.63, 3.8) is 0 Å². The molecule has 0 bridgehead atoms. The molecule has 2 N–H and O–H groups in total. The van der Waals surface area contributed by atoms with Gasteiger partial charge in [-0.3, -0.25) is 0 Å². The van der Waals surface area contributed by atoms with Crippen LogP contribution in [-0.4, -0.2) is 33.0 Å². The SMILES string of the molecule is Cc1c(/C=C/C(O)CC(O)CC(=O)[O-])c(-c2ccc(F)cc2)cn1C(C)C.[Na+]. The molecule has 2 atom stereocenters. The average molecular weight is 397 g/mol. The van der Waals surface area contributed by atoms with Gasteiger partial charge < -0.3 is 24.7 Å². The van der Waals surface area contributed by atoms with Gasteiger partial charge in [0.2, 0.25) is 0 Å². The minimum absolute atomic E-state index is 0. The summed E-state index contributed by atoms with van der Waals surface area (Å²) < 4.78 is 15.4. The van der Waals surface area contributed by atoms with E-state index >= 15 is 0 Å². The Labute approximate surface area is 186 Å². The number of aliphatic hydroxyl groups excluding tert-OH is 2. The molecule has 0 aliphatic carbocycles. The third-order valence-corrected chi connectivity index (χ3v) is 4.45. The minimum atomic E-state index is -1.36. The molecular weight excluding hydrogens is 372 g/mol. The molecule has 146 valence electrons. The monoisotopic (exact) mass is 397 g/mol. The van der Waals surface area contributed by atoms with E-state index in [4.69, 9.17) is 0 Å². The number of halogens is 1. The standard InChI is InChI=1S/C21H26FNO4.Na/c1-13(2)23-12-20(15-4-6-16(22)7-5-15)19(14(23)3)9-8-17(24)10-18(25)11-21(26)27;/h4-9,12-13,17-18,24-25H,10-11H2,1-3H3,(H,26,27);/q;+1/p-1/b9-8+;. The van der Waals surface area contributed by atoms with Crippen molar-refractivity contribution in [2.24, 2.45) is 0 Å². The van der Waals surface area contributed by atoms with Crippen LogP contribution in [0.15, 0.2) is 36.5 Å². The average Bonchev–Trinajstić information content (AvgIpc) is 2.89. The van der Waals surface area contributed by atoms with Gasteiger partial charge in [-0.25, -0.2) is 4.39 Å². The smallest absolute Gasteiger partial charge is 0.550 e. The molecule has 0 aliphatic heterocycles. The number of benzene rings is 1. The Kier molecular flexibility index (Phi) is 9.60. The number of carboxylic acids is 1. The summed E-state index contributed by atoms with van der Waals surface area (Å²) in [6.45, 7) is 6.07. The first-order valence-corrected chi connectivity index (χ1v) is 8.90. The van der Waals surface area contributed by atoms with Crippen LogP contribution in [0.5, 0.6) is 0 Å². The molecule has 5 nitrogen and oxygen atoms in total. The predicted octanol–water partition coefficient (Wildman–Crippen LogP) is -0.547. The number of carbonyl (C=O) groups is 1. The number of nitrogens with zero attached hydrogens (tertiary/aromatic N) is 1.